The minimum atomic E-state index is -5.77. The fourth-order valence-corrected chi connectivity index (χ4v) is 5.47. The van der Waals surface area contributed by atoms with Gasteiger partial charge in [-0.05, 0) is 29.8 Å². The summed E-state index contributed by atoms with van der Waals surface area (Å²) in [6.45, 7) is 0.823. The number of rotatable bonds is 4. The summed E-state index contributed by atoms with van der Waals surface area (Å²) in [7, 11) is -10.0. The Hall–Kier alpha value is -3.14. The Morgan fingerprint density at radius 2 is 1.66 bits per heavy atom. The maximum Gasteiger partial charge on any atom is 0.501 e. The van der Waals surface area contributed by atoms with Crippen molar-refractivity contribution in [2.24, 2.45) is 0 Å². The topological polar surface area (TPSA) is 106 Å². The van der Waals surface area contributed by atoms with Crippen molar-refractivity contribution in [2.75, 3.05) is 10.7 Å². The summed E-state index contributed by atoms with van der Waals surface area (Å²) in [4.78, 5) is 16.6. The molecular formula is C19H13F6N3O5S2. The normalized spacial score (nSPS) is 15.2. The van der Waals surface area contributed by atoms with Crippen molar-refractivity contribution in [3.63, 3.8) is 0 Å². The molecule has 8 nitrogen and oxygen atoms in total. The van der Waals surface area contributed by atoms with Crippen molar-refractivity contribution in [3.8, 4) is 0 Å². The molecule has 35 heavy (non-hydrogen) atoms. The molecule has 0 saturated carbocycles. The van der Waals surface area contributed by atoms with E-state index in [1.165, 1.54) is 6.92 Å². The number of hydrogen-bond donors (Lipinski definition) is 0. The van der Waals surface area contributed by atoms with Gasteiger partial charge in [0.25, 0.3) is 15.7 Å². The zero-order chi connectivity index (χ0) is 26.1. The van der Waals surface area contributed by atoms with Crippen LogP contribution in [0.1, 0.15) is 28.4 Å². The lowest BCUT2D eigenvalue weighted by molar-refractivity contribution is -0.137. The number of anilines is 1. The molecule has 0 saturated heterocycles. The van der Waals surface area contributed by atoms with Gasteiger partial charge in [0.2, 0.25) is 0 Å². The van der Waals surface area contributed by atoms with Crippen molar-refractivity contribution in [3.05, 3.63) is 53.2 Å². The van der Waals surface area contributed by atoms with Gasteiger partial charge in [-0.1, -0.05) is 13.0 Å². The van der Waals surface area contributed by atoms with E-state index in [1.807, 2.05) is 0 Å². The lowest BCUT2D eigenvalue weighted by Gasteiger charge is -2.15. The van der Waals surface area contributed by atoms with Gasteiger partial charge in [-0.25, -0.2) is 21.8 Å². The van der Waals surface area contributed by atoms with Gasteiger partial charge >= 0.3 is 11.7 Å². The minimum Gasteiger partial charge on any atom is -0.288 e. The number of carbonyl (C=O) groups is 1. The second kappa shape index (κ2) is 7.68. The molecule has 1 amide bonds. The maximum atomic E-state index is 13.2. The Balaban J connectivity index is 1.89. The van der Waals surface area contributed by atoms with Gasteiger partial charge in [0.15, 0.2) is 20.7 Å². The smallest absolute Gasteiger partial charge is 0.288 e. The van der Waals surface area contributed by atoms with Crippen LogP contribution < -0.4 is 4.90 Å². The number of benzene rings is 1. The number of fused-ring (bicyclic) bond motifs is 2. The van der Waals surface area contributed by atoms with Crippen LogP contribution in [-0.2, 0) is 32.4 Å². The summed E-state index contributed by atoms with van der Waals surface area (Å²) in [5.41, 5.74) is -7.40. The molecule has 3 aromatic rings. The standard InChI is InChI=1S/C19H13F6N3O5S2/c1-2-34(30,31)17-15(26-14-6-4-11(9-27(14)17)18(20,21)22)28-8-10-3-5-12(7-13(10)16(28)29)35(32,33)19(23,24)25/h3-7,9H,2,8H2,1H3. The zero-order valence-corrected chi connectivity index (χ0v) is 19.0. The Labute approximate surface area is 193 Å². The van der Waals surface area contributed by atoms with Crippen molar-refractivity contribution >= 4 is 37.0 Å². The minimum absolute atomic E-state index is 0.0732. The fourth-order valence-electron chi connectivity index (χ4n) is 3.53. The van der Waals surface area contributed by atoms with Crippen LogP contribution in [0, 0.1) is 0 Å². The summed E-state index contributed by atoms with van der Waals surface area (Å²) < 4.78 is 128. The van der Waals surface area contributed by atoms with E-state index in [4.69, 9.17) is 0 Å². The predicted molar refractivity (Wildman–Crippen MR) is 108 cm³/mol. The Kier molecular flexibility index (Phi) is 5.48. The molecular weight excluding hydrogens is 528 g/mol. The van der Waals surface area contributed by atoms with Gasteiger partial charge in [0.1, 0.15) is 5.65 Å². The summed E-state index contributed by atoms with van der Waals surface area (Å²) in [5.74, 6) is -2.16. The van der Waals surface area contributed by atoms with Crippen LogP contribution in [0.2, 0.25) is 0 Å². The van der Waals surface area contributed by atoms with Crippen LogP contribution in [-0.4, -0.2) is 43.4 Å². The van der Waals surface area contributed by atoms with Crippen LogP contribution in [0.15, 0.2) is 46.5 Å². The Morgan fingerprint density at radius 1 is 1.00 bits per heavy atom. The van der Waals surface area contributed by atoms with E-state index in [1.54, 1.807) is 0 Å². The van der Waals surface area contributed by atoms with Gasteiger partial charge in [0, 0.05) is 11.8 Å². The zero-order valence-electron chi connectivity index (χ0n) is 17.3. The number of alkyl halides is 6. The maximum absolute atomic E-state index is 13.2. The number of amides is 1. The third-order valence-electron chi connectivity index (χ3n) is 5.32. The van der Waals surface area contributed by atoms with Gasteiger partial charge < -0.3 is 0 Å². The summed E-state index contributed by atoms with van der Waals surface area (Å²) in [6.07, 6.45) is -4.30. The third-order valence-corrected chi connectivity index (χ3v) is 8.53. The highest BCUT2D eigenvalue weighted by Gasteiger charge is 2.47. The summed E-state index contributed by atoms with van der Waals surface area (Å²) in [5, 5.41) is -0.717. The molecule has 3 heterocycles. The average Bonchev–Trinajstić information content (AvgIpc) is 3.29. The second-order valence-corrected chi connectivity index (χ2v) is 11.6. The lowest BCUT2D eigenvalue weighted by atomic mass is 10.1. The third kappa shape index (κ3) is 3.93. The first kappa shape index (κ1) is 25.0. The van der Waals surface area contributed by atoms with Crippen molar-refractivity contribution in [1.29, 1.82) is 0 Å². The van der Waals surface area contributed by atoms with E-state index >= 15 is 0 Å². The molecule has 16 heteroatoms. The van der Waals surface area contributed by atoms with Gasteiger partial charge in [0.05, 0.1) is 22.8 Å². The summed E-state index contributed by atoms with van der Waals surface area (Å²) in [6, 6.07) is 3.72. The fraction of sp³-hybridized carbons (Fsp3) is 0.263. The molecule has 0 aliphatic carbocycles. The largest absolute Gasteiger partial charge is 0.501 e. The SMILES string of the molecule is CCS(=O)(=O)c1c(N2Cc3ccc(S(=O)(=O)C(F)(F)F)cc3C2=O)nc2ccc(C(F)(F)F)cn12. The van der Waals surface area contributed by atoms with Crippen LogP contribution in [0.4, 0.5) is 32.2 Å². The highest BCUT2D eigenvalue weighted by Crippen LogP contribution is 2.38. The average molecular weight is 541 g/mol. The molecule has 0 spiro atoms. The summed E-state index contributed by atoms with van der Waals surface area (Å²) >= 11 is 0. The first-order valence-corrected chi connectivity index (χ1v) is 12.7. The van der Waals surface area contributed by atoms with Crippen LogP contribution in [0.25, 0.3) is 5.65 Å². The van der Waals surface area contributed by atoms with Crippen LogP contribution in [0.3, 0.4) is 0 Å². The van der Waals surface area contributed by atoms with Crippen molar-refractivity contribution in [1.82, 2.24) is 9.38 Å². The first-order chi connectivity index (χ1) is 16.0. The molecule has 0 bridgehead atoms. The first-order valence-electron chi connectivity index (χ1n) is 9.57. The number of carbonyl (C=O) groups excluding carboxylic acids is 1. The van der Waals surface area contributed by atoms with E-state index in [0.717, 1.165) is 17.0 Å². The lowest BCUT2D eigenvalue weighted by Crippen LogP contribution is -2.26. The molecule has 0 atom stereocenters. The highest BCUT2D eigenvalue weighted by atomic mass is 32.2. The van der Waals surface area contributed by atoms with Gasteiger partial charge in [-0.3, -0.25) is 14.1 Å². The van der Waals surface area contributed by atoms with E-state index in [0.29, 0.717) is 28.8 Å². The molecule has 0 unspecified atom stereocenters. The number of nitrogens with zero attached hydrogens (tertiary/aromatic N) is 3. The number of halogens is 6. The van der Waals surface area contributed by atoms with Crippen molar-refractivity contribution in [2.45, 2.75) is 35.1 Å². The number of aromatic nitrogens is 2. The van der Waals surface area contributed by atoms with Crippen LogP contribution in [0.5, 0.6) is 0 Å². The second-order valence-electron chi connectivity index (χ2n) is 7.45. The van der Waals surface area contributed by atoms with E-state index in [2.05, 4.69) is 4.98 Å². The quantitative estimate of drug-likeness (QED) is 0.468. The molecule has 0 radical (unpaired) electrons. The number of sulfone groups is 2. The monoisotopic (exact) mass is 541 g/mol. The van der Waals surface area contributed by atoms with Crippen LogP contribution >= 0.6 is 0 Å². The van der Waals surface area contributed by atoms with Crippen molar-refractivity contribution < 1.29 is 48.0 Å². The van der Waals surface area contributed by atoms with Gasteiger partial charge in [-0.15, -0.1) is 0 Å². The Bertz CT molecular complexity index is 1590. The molecule has 1 aliphatic heterocycles. The molecule has 2 aromatic heterocycles. The molecule has 0 fully saturated rings. The predicted octanol–water partition coefficient (Wildman–Crippen LogP) is 3.60. The van der Waals surface area contributed by atoms with E-state index in [-0.39, 0.29) is 11.2 Å². The number of imidazole rings is 1. The molecule has 4 rings (SSSR count). The number of hydrogen-bond acceptors (Lipinski definition) is 6. The molecule has 1 aliphatic rings. The molecule has 0 N–H and O–H groups in total. The van der Waals surface area contributed by atoms with Gasteiger partial charge in [-0.2, -0.15) is 26.3 Å². The van der Waals surface area contributed by atoms with E-state index < -0.39 is 76.4 Å². The highest BCUT2D eigenvalue weighted by molar-refractivity contribution is 7.92. The molecule has 1 aromatic carbocycles. The van der Waals surface area contributed by atoms with E-state index in [9.17, 15) is 48.0 Å². The molecule has 188 valence electrons. The Morgan fingerprint density at radius 3 is 2.23 bits per heavy atom. The number of pyridine rings is 1.